The van der Waals surface area contributed by atoms with Gasteiger partial charge in [-0.15, -0.1) is 0 Å². The van der Waals surface area contributed by atoms with Crippen LogP contribution in [0.2, 0.25) is 0 Å². The van der Waals surface area contributed by atoms with Crippen molar-refractivity contribution >= 4 is 16.8 Å². The van der Waals surface area contributed by atoms with E-state index in [-0.39, 0.29) is 11.3 Å². The van der Waals surface area contributed by atoms with Gasteiger partial charge in [-0.1, -0.05) is 6.92 Å². The quantitative estimate of drug-likeness (QED) is 0.569. The minimum absolute atomic E-state index is 0.00463. The Morgan fingerprint density at radius 3 is 2.44 bits per heavy atom. The molecule has 54 valence electrons. The van der Waals surface area contributed by atoms with Gasteiger partial charge in [0.1, 0.15) is 0 Å². The Morgan fingerprint density at radius 1 is 1.78 bits per heavy atom. The second kappa shape index (κ2) is 4.77. The van der Waals surface area contributed by atoms with E-state index >= 15 is 0 Å². The van der Waals surface area contributed by atoms with Crippen LogP contribution in [0.5, 0.6) is 0 Å². The van der Waals surface area contributed by atoms with E-state index in [0.717, 1.165) is 6.42 Å². The van der Waals surface area contributed by atoms with Crippen molar-refractivity contribution in [3.8, 4) is 0 Å². The van der Waals surface area contributed by atoms with Crippen molar-refractivity contribution in [3.05, 3.63) is 0 Å². The van der Waals surface area contributed by atoms with Gasteiger partial charge in [-0.05, 0) is 18.0 Å². The number of hydrogen-bond acceptors (Lipinski definition) is 2. The lowest BCUT2D eigenvalue weighted by Gasteiger charge is -2.08. The first-order valence-electron chi connectivity index (χ1n) is 2.91. The van der Waals surface area contributed by atoms with Gasteiger partial charge in [0.05, 0.1) is 6.10 Å². The Hall–Kier alpha value is -0.0800. The molecule has 0 N–H and O–H groups in total. The van der Waals surface area contributed by atoms with Gasteiger partial charge >= 0.3 is 0 Å². The van der Waals surface area contributed by atoms with Crippen LogP contribution in [0, 0.1) is 0 Å². The lowest BCUT2D eigenvalue weighted by molar-refractivity contribution is -0.113. The zero-order valence-corrected chi connectivity index (χ0v) is 6.44. The van der Waals surface area contributed by atoms with Crippen LogP contribution in [0.3, 0.4) is 0 Å². The Balaban J connectivity index is 3.43. The zero-order chi connectivity index (χ0) is 7.28. The topological polar surface area (TPSA) is 26.3 Å². The standard InChI is InChI=1S/C6H11ClO2/c1-3-5(9-2)4-6(7)8/h5H,3-4H2,1-2H3. The molecule has 0 aromatic carbocycles. The number of carbonyl (C=O) groups is 1. The monoisotopic (exact) mass is 150 g/mol. The van der Waals surface area contributed by atoms with Crippen LogP contribution in [0.4, 0.5) is 0 Å². The van der Waals surface area contributed by atoms with Gasteiger partial charge in [0.15, 0.2) is 0 Å². The van der Waals surface area contributed by atoms with E-state index in [0.29, 0.717) is 6.42 Å². The van der Waals surface area contributed by atoms with Gasteiger partial charge in [-0.2, -0.15) is 0 Å². The average Bonchev–Trinajstić information content (AvgIpc) is 1.82. The van der Waals surface area contributed by atoms with E-state index < -0.39 is 0 Å². The molecular weight excluding hydrogens is 140 g/mol. The van der Waals surface area contributed by atoms with Crippen molar-refractivity contribution in [2.45, 2.75) is 25.9 Å². The van der Waals surface area contributed by atoms with Gasteiger partial charge in [-0.3, -0.25) is 4.79 Å². The molecule has 0 spiro atoms. The zero-order valence-electron chi connectivity index (χ0n) is 5.69. The largest absolute Gasteiger partial charge is 0.381 e. The third kappa shape index (κ3) is 4.43. The van der Waals surface area contributed by atoms with Gasteiger partial charge in [0, 0.05) is 13.5 Å². The highest BCUT2D eigenvalue weighted by Gasteiger charge is 2.07. The van der Waals surface area contributed by atoms with Gasteiger partial charge in [0.2, 0.25) is 5.24 Å². The van der Waals surface area contributed by atoms with E-state index in [4.69, 9.17) is 16.3 Å². The van der Waals surface area contributed by atoms with Crippen molar-refractivity contribution in [3.63, 3.8) is 0 Å². The Morgan fingerprint density at radius 2 is 2.33 bits per heavy atom. The fourth-order valence-corrected chi connectivity index (χ4v) is 0.745. The summed E-state index contributed by atoms with van der Waals surface area (Å²) in [5.74, 6) is 0. The maximum Gasteiger partial charge on any atom is 0.224 e. The summed E-state index contributed by atoms with van der Waals surface area (Å²) in [6.45, 7) is 1.95. The molecule has 9 heavy (non-hydrogen) atoms. The number of hydrogen-bond donors (Lipinski definition) is 0. The number of halogens is 1. The summed E-state index contributed by atoms with van der Waals surface area (Å²) in [6.07, 6.45) is 1.14. The number of carbonyl (C=O) groups excluding carboxylic acids is 1. The lowest BCUT2D eigenvalue weighted by atomic mass is 10.2. The Bertz CT molecular complexity index is 89.1. The molecule has 0 rings (SSSR count). The molecule has 1 unspecified atom stereocenters. The molecule has 0 aromatic heterocycles. The highest BCUT2D eigenvalue weighted by molar-refractivity contribution is 6.63. The normalized spacial score (nSPS) is 13.2. The molecule has 0 radical (unpaired) electrons. The van der Waals surface area contributed by atoms with Crippen LogP contribution in [0.15, 0.2) is 0 Å². The predicted octanol–water partition coefficient (Wildman–Crippen LogP) is 1.57. The summed E-state index contributed by atoms with van der Waals surface area (Å²) in [4.78, 5) is 10.3. The predicted molar refractivity (Wildman–Crippen MR) is 36.6 cm³/mol. The maximum absolute atomic E-state index is 10.3. The molecule has 0 saturated carbocycles. The van der Waals surface area contributed by atoms with Crippen molar-refractivity contribution in [2.24, 2.45) is 0 Å². The molecular formula is C6H11ClO2. The summed E-state index contributed by atoms with van der Waals surface area (Å²) >= 11 is 5.11. The molecule has 0 aliphatic rings. The first-order valence-corrected chi connectivity index (χ1v) is 3.29. The Labute approximate surface area is 60.1 Å². The second-order valence-electron chi connectivity index (χ2n) is 1.83. The summed E-state index contributed by atoms with van der Waals surface area (Å²) in [7, 11) is 1.58. The van der Waals surface area contributed by atoms with Crippen LogP contribution in [-0.4, -0.2) is 18.5 Å². The molecule has 0 aliphatic heterocycles. The van der Waals surface area contributed by atoms with Crippen molar-refractivity contribution in [1.29, 1.82) is 0 Å². The van der Waals surface area contributed by atoms with Crippen molar-refractivity contribution in [2.75, 3.05) is 7.11 Å². The SMILES string of the molecule is CCC(CC(=O)Cl)OC. The first kappa shape index (κ1) is 8.92. The molecule has 0 aromatic rings. The van der Waals surface area contributed by atoms with E-state index in [1.54, 1.807) is 7.11 Å². The molecule has 0 amide bonds. The number of rotatable bonds is 4. The van der Waals surface area contributed by atoms with Crippen LogP contribution in [-0.2, 0) is 9.53 Å². The van der Waals surface area contributed by atoms with E-state index in [9.17, 15) is 4.79 Å². The molecule has 2 nitrogen and oxygen atoms in total. The Kier molecular flexibility index (Phi) is 4.72. The van der Waals surface area contributed by atoms with Gasteiger partial charge in [0.25, 0.3) is 0 Å². The van der Waals surface area contributed by atoms with Crippen molar-refractivity contribution < 1.29 is 9.53 Å². The van der Waals surface area contributed by atoms with Gasteiger partial charge in [-0.25, -0.2) is 0 Å². The molecule has 1 atom stereocenters. The smallest absolute Gasteiger partial charge is 0.224 e. The fourth-order valence-electron chi connectivity index (χ4n) is 0.573. The minimum Gasteiger partial charge on any atom is -0.381 e. The number of ether oxygens (including phenoxy) is 1. The summed E-state index contributed by atoms with van der Waals surface area (Å²) < 4.78 is 4.90. The van der Waals surface area contributed by atoms with Crippen molar-refractivity contribution in [1.82, 2.24) is 0 Å². The molecule has 0 fully saturated rings. The summed E-state index contributed by atoms with van der Waals surface area (Å²) in [5.41, 5.74) is 0. The fraction of sp³-hybridized carbons (Fsp3) is 0.833. The third-order valence-electron chi connectivity index (χ3n) is 1.18. The highest BCUT2D eigenvalue weighted by Crippen LogP contribution is 2.03. The first-order chi connectivity index (χ1) is 4.20. The molecule has 0 saturated heterocycles. The van der Waals surface area contributed by atoms with Crippen LogP contribution >= 0.6 is 11.6 Å². The van der Waals surface area contributed by atoms with Crippen LogP contribution in [0.25, 0.3) is 0 Å². The molecule has 3 heteroatoms. The number of methoxy groups -OCH3 is 1. The van der Waals surface area contributed by atoms with E-state index in [1.807, 2.05) is 6.92 Å². The summed E-state index contributed by atoms with van der Waals surface area (Å²) in [6, 6.07) is 0. The van der Waals surface area contributed by atoms with Crippen LogP contribution in [0.1, 0.15) is 19.8 Å². The third-order valence-corrected chi connectivity index (χ3v) is 1.33. The van der Waals surface area contributed by atoms with Crippen LogP contribution < -0.4 is 0 Å². The molecule has 0 aliphatic carbocycles. The molecule has 0 bridgehead atoms. The van der Waals surface area contributed by atoms with E-state index in [1.165, 1.54) is 0 Å². The second-order valence-corrected chi connectivity index (χ2v) is 2.25. The maximum atomic E-state index is 10.3. The average molecular weight is 151 g/mol. The summed E-state index contributed by atoms with van der Waals surface area (Å²) in [5, 5.41) is -0.330. The van der Waals surface area contributed by atoms with Gasteiger partial charge < -0.3 is 4.74 Å². The van der Waals surface area contributed by atoms with E-state index in [2.05, 4.69) is 0 Å². The highest BCUT2D eigenvalue weighted by atomic mass is 35.5. The lowest BCUT2D eigenvalue weighted by Crippen LogP contribution is -2.11. The minimum atomic E-state index is -0.330. The molecule has 0 heterocycles.